The van der Waals surface area contributed by atoms with Gasteiger partial charge < -0.3 is 48.0 Å². The van der Waals surface area contributed by atoms with E-state index in [1.54, 1.807) is 41.1 Å². The Hall–Kier alpha value is -10.7. The predicted molar refractivity (Wildman–Crippen MR) is 413 cm³/mol. The summed E-state index contributed by atoms with van der Waals surface area (Å²) in [4.78, 5) is 92.9. The Kier molecular flexibility index (Phi) is 22.8. The Morgan fingerprint density at radius 3 is 1.68 bits per heavy atom. The number of aryl methyl sites for hydroxylation is 5. The van der Waals surface area contributed by atoms with Crippen molar-refractivity contribution in [1.29, 1.82) is 0 Å². The summed E-state index contributed by atoms with van der Waals surface area (Å²) in [6.45, 7) is 11.2. The van der Waals surface area contributed by atoms with Crippen LogP contribution in [0.3, 0.4) is 0 Å². The van der Waals surface area contributed by atoms with Crippen molar-refractivity contribution in [2.75, 3.05) is 62.8 Å². The van der Waals surface area contributed by atoms with Gasteiger partial charge in [-0.15, -0.1) is 0 Å². The molecule has 3 fully saturated rings. The lowest BCUT2D eigenvalue weighted by atomic mass is 9.83. The summed E-state index contributed by atoms with van der Waals surface area (Å²) in [6.07, 6.45) is 20.6. The van der Waals surface area contributed by atoms with Gasteiger partial charge in [-0.1, -0.05) is 30.7 Å². The van der Waals surface area contributed by atoms with Crippen molar-refractivity contribution < 1.29 is 47.7 Å². The molecule has 16 rings (SSSR count). The van der Waals surface area contributed by atoms with E-state index in [-0.39, 0.29) is 66.6 Å². The molecule has 4 amide bonds. The van der Waals surface area contributed by atoms with Crippen LogP contribution in [-0.4, -0.2) is 151 Å². The summed E-state index contributed by atoms with van der Waals surface area (Å²) in [5.74, 6) is 4.63. The van der Waals surface area contributed by atoms with E-state index >= 15 is 0 Å². The van der Waals surface area contributed by atoms with E-state index in [9.17, 15) is 24.0 Å². The van der Waals surface area contributed by atoms with Crippen LogP contribution in [0.25, 0.3) is 33.1 Å². The van der Waals surface area contributed by atoms with Crippen molar-refractivity contribution in [3.8, 4) is 11.6 Å². The number of amides is 4. The average Bonchev–Trinajstić information content (AvgIpc) is 1.58. The quantitative estimate of drug-likeness (QED) is 0.0756. The maximum absolute atomic E-state index is 13.0. The van der Waals surface area contributed by atoms with Gasteiger partial charge in [-0.05, 0) is 203 Å². The minimum Gasteiger partial charge on any atom is -0.497 e. The number of nitrogens with zero attached hydrogens (tertiary/aromatic N) is 13. The number of fused-ring (bicyclic) bond motifs is 9. The molecule has 108 heavy (non-hydrogen) atoms. The number of pyridine rings is 2. The fraction of sp³-hybridized carbons (Fsp3) is 0.458. The first kappa shape index (κ1) is 74.2. The van der Waals surface area contributed by atoms with Gasteiger partial charge in [0.15, 0.2) is 0 Å². The molecule has 25 heteroatoms. The van der Waals surface area contributed by atoms with Gasteiger partial charge in [-0.2, -0.15) is 5.10 Å². The van der Waals surface area contributed by atoms with Crippen molar-refractivity contribution in [2.24, 2.45) is 5.92 Å². The number of anilines is 3. The SMILES string of the molecule is COC(=O)N1c2ccc3c(nc(CCn4cccn4)n3CC(=O)NCCc3ccccn3)c2CC[C@@H]1C.COC(=O)N1c2ccc3c(nc(Cc4ccc(OC)cc4)n3C3CCNCC3)c2CC[C@@H]1C.COC(=O)N1c2ccc3c(nc(Cc4cccc(OC5CC5)n4)n3[C@@H]3CCC[C@@H](C(C)=O)C3)c2CC[C@@H]1C. The topological polar surface area (TPSA) is 262 Å². The third-order valence-electron chi connectivity index (χ3n) is 22.3. The Balaban J connectivity index is 0.000000136. The number of hydrogen-bond donors (Lipinski definition) is 2. The van der Waals surface area contributed by atoms with Gasteiger partial charge >= 0.3 is 18.3 Å². The lowest BCUT2D eigenvalue weighted by molar-refractivity contribution is -0.122. The molecule has 4 aliphatic heterocycles. The van der Waals surface area contributed by atoms with Gasteiger partial charge in [0.25, 0.3) is 0 Å². The second kappa shape index (κ2) is 33.2. The van der Waals surface area contributed by atoms with E-state index in [4.69, 9.17) is 43.6 Å². The molecule has 2 saturated carbocycles. The summed E-state index contributed by atoms with van der Waals surface area (Å²) >= 11 is 0. The molecule has 2 aliphatic carbocycles. The molecule has 1 saturated heterocycles. The average molecular weight is 1470 g/mol. The van der Waals surface area contributed by atoms with E-state index in [1.165, 1.54) is 32.4 Å². The minimum absolute atomic E-state index is 0.0312. The number of piperidine rings is 1. The van der Waals surface area contributed by atoms with Crippen molar-refractivity contribution in [2.45, 2.75) is 193 Å². The lowest BCUT2D eigenvalue weighted by Crippen LogP contribution is -2.42. The van der Waals surface area contributed by atoms with Crippen LogP contribution in [0.5, 0.6) is 11.6 Å². The summed E-state index contributed by atoms with van der Waals surface area (Å²) in [6, 6.07) is 34.9. The number of hydrogen-bond acceptors (Lipinski definition) is 17. The molecular formula is C83H99N15O10. The molecule has 10 heterocycles. The second-order valence-electron chi connectivity index (χ2n) is 29.4. The fourth-order valence-electron chi connectivity index (χ4n) is 16.6. The van der Waals surface area contributed by atoms with Gasteiger partial charge in [-0.3, -0.25) is 34.0 Å². The van der Waals surface area contributed by atoms with Crippen molar-refractivity contribution in [3.63, 3.8) is 0 Å². The maximum Gasteiger partial charge on any atom is 0.414 e. The first-order chi connectivity index (χ1) is 52.6. The van der Waals surface area contributed by atoms with Crippen LogP contribution in [0.4, 0.5) is 31.4 Å². The van der Waals surface area contributed by atoms with E-state index in [0.717, 1.165) is 205 Å². The van der Waals surface area contributed by atoms with Gasteiger partial charge in [0.2, 0.25) is 11.8 Å². The molecule has 0 spiro atoms. The van der Waals surface area contributed by atoms with Crippen LogP contribution < -0.4 is 34.8 Å². The number of carbonyl (C=O) groups is 5. The Labute approximate surface area is 629 Å². The monoisotopic (exact) mass is 1470 g/mol. The molecule has 566 valence electrons. The smallest absolute Gasteiger partial charge is 0.414 e. The largest absolute Gasteiger partial charge is 0.497 e. The number of ketones is 1. The summed E-state index contributed by atoms with van der Waals surface area (Å²) < 4.78 is 35.2. The number of aromatic nitrogens is 10. The standard InChI is InChI=1S/C30H36N4O4.C27H31N7O3.C26H32N4O3/c1-18-10-13-24-25(33(18)30(36)37-3)14-15-26-29(24)32-27(34(26)22-8-4-6-20(16-22)19(2)35)17-21-7-5-9-28(31-21)38-23-11-12-23;1-19-7-8-21-22(34(19)27(36)37-2)9-10-23-26(21)31-24(12-17-32-16-5-14-30-32)33(23)18-25(35)29-15-11-20-6-3-4-13-28-20;1-17-4-9-21-22(29(17)26(31)33-3)10-11-23-25(21)28-24(30(23)19-12-14-27-15-13-19)16-18-5-7-20(32-2)8-6-18/h5,7,9,14-15,18,20,22-23H,4,6,8,10-13,16-17H2,1-3H3;3-6,9-10,13-14,16,19H,7-8,11-12,15,17-18H2,1-2H3,(H,29,35);5-8,10-11,17,19,27H,4,9,12-16H2,1-3H3/t18-,20+,22+;19-;17-/m000/s1. The molecule has 6 aliphatic rings. The van der Waals surface area contributed by atoms with Gasteiger partial charge in [-0.25, -0.2) is 34.3 Å². The van der Waals surface area contributed by atoms with Crippen molar-refractivity contribution in [3.05, 3.63) is 173 Å². The molecule has 2 N–H and O–H groups in total. The number of methoxy groups -OCH3 is 4. The molecule has 0 bridgehead atoms. The van der Waals surface area contributed by atoms with Crippen LogP contribution >= 0.6 is 0 Å². The highest BCUT2D eigenvalue weighted by atomic mass is 16.6. The predicted octanol–water partition coefficient (Wildman–Crippen LogP) is 13.4. The third-order valence-corrected chi connectivity index (χ3v) is 22.3. The first-order valence-electron chi connectivity index (χ1n) is 38.4. The summed E-state index contributed by atoms with van der Waals surface area (Å²) in [5, 5.41) is 10.8. The Bertz CT molecular complexity index is 4870. The second-order valence-corrected chi connectivity index (χ2v) is 29.4. The Morgan fingerprint density at radius 2 is 1.12 bits per heavy atom. The molecule has 10 aromatic rings. The molecule has 6 aromatic heterocycles. The molecule has 0 unspecified atom stereocenters. The lowest BCUT2D eigenvalue weighted by Gasteiger charge is -2.34. The zero-order valence-corrected chi connectivity index (χ0v) is 63.2. The van der Waals surface area contributed by atoms with E-state index in [0.29, 0.717) is 50.4 Å². The first-order valence-corrected chi connectivity index (χ1v) is 38.4. The summed E-state index contributed by atoms with van der Waals surface area (Å²) in [7, 11) is 5.96. The number of imidazole rings is 3. The van der Waals surface area contributed by atoms with Gasteiger partial charge in [0, 0.05) is 122 Å². The van der Waals surface area contributed by atoms with Crippen molar-refractivity contribution >= 4 is 80.1 Å². The molecule has 25 nitrogen and oxygen atoms in total. The highest BCUT2D eigenvalue weighted by Gasteiger charge is 2.37. The molecular weight excluding hydrogens is 1370 g/mol. The Morgan fingerprint density at radius 1 is 0.546 bits per heavy atom. The van der Waals surface area contributed by atoms with Crippen LogP contribution in [0.15, 0.2) is 122 Å². The molecule has 0 radical (unpaired) electrons. The van der Waals surface area contributed by atoms with Crippen molar-refractivity contribution in [1.82, 2.24) is 59.0 Å². The van der Waals surface area contributed by atoms with Crippen LogP contribution in [0.1, 0.15) is 162 Å². The van der Waals surface area contributed by atoms with Crippen LogP contribution in [-0.2, 0) is 81.8 Å². The molecule has 4 aromatic carbocycles. The zero-order valence-electron chi connectivity index (χ0n) is 63.2. The number of rotatable bonds is 18. The van der Waals surface area contributed by atoms with Crippen LogP contribution in [0.2, 0.25) is 0 Å². The van der Waals surface area contributed by atoms with E-state index in [2.05, 4.69) is 74.0 Å². The summed E-state index contributed by atoms with van der Waals surface area (Å²) in [5.41, 5.74) is 14.8. The van der Waals surface area contributed by atoms with E-state index < -0.39 is 0 Å². The maximum atomic E-state index is 13.0. The third kappa shape index (κ3) is 16.0. The fourth-order valence-corrected chi connectivity index (χ4v) is 16.6. The van der Waals surface area contributed by atoms with E-state index in [1.807, 2.05) is 95.2 Å². The molecule has 5 atom stereocenters. The number of carbonyl (C=O) groups excluding carboxylic acids is 5. The number of Topliss-reactive ketones (excluding diaryl/α,β-unsaturated/α-hetero) is 1. The highest BCUT2D eigenvalue weighted by Crippen LogP contribution is 2.44. The van der Waals surface area contributed by atoms with Gasteiger partial charge in [0.05, 0.1) is 84.3 Å². The minimum atomic E-state index is -0.376. The normalized spacial score (nSPS) is 19.1. The zero-order chi connectivity index (χ0) is 75.1. The highest BCUT2D eigenvalue weighted by molar-refractivity contribution is 5.98. The number of nitrogens with one attached hydrogen (secondary N) is 2. The van der Waals surface area contributed by atoms with Crippen LogP contribution in [0, 0.1) is 5.92 Å². The number of benzene rings is 4. The number of ether oxygens (including phenoxy) is 5. The van der Waals surface area contributed by atoms with Gasteiger partial charge in [0.1, 0.15) is 41.7 Å².